The summed E-state index contributed by atoms with van der Waals surface area (Å²) in [6.45, 7) is 8.59. The third-order valence-corrected chi connectivity index (χ3v) is 3.56. The fourth-order valence-corrected chi connectivity index (χ4v) is 2.35. The minimum atomic E-state index is -0.977. The Balaban J connectivity index is 3.30. The third kappa shape index (κ3) is 3.33. The quantitative estimate of drug-likeness (QED) is 0.791. The molecule has 5 heteroatoms. The summed E-state index contributed by atoms with van der Waals surface area (Å²) in [6, 6.07) is 0. The molecule has 0 aliphatic heterocycles. The number of rotatable bonds is 8. The number of carbonyl (C=O) groups is 1. The van der Waals surface area contributed by atoms with E-state index in [1.807, 2.05) is 27.7 Å². The van der Waals surface area contributed by atoms with Gasteiger partial charge >= 0.3 is 5.97 Å². The lowest BCUT2D eigenvalue weighted by molar-refractivity contribution is -0.0573. The van der Waals surface area contributed by atoms with Gasteiger partial charge in [-0.2, -0.15) is 0 Å². The number of aryl methyl sites for hydroxylation is 1. The molecule has 1 aromatic heterocycles. The van der Waals surface area contributed by atoms with Gasteiger partial charge in [0.25, 0.3) is 0 Å². The minimum absolute atomic E-state index is 0.188. The van der Waals surface area contributed by atoms with Crippen molar-refractivity contribution >= 4 is 5.97 Å². The highest BCUT2D eigenvalue weighted by atomic mass is 16.5. The highest BCUT2D eigenvalue weighted by Gasteiger charge is 2.33. The molecule has 112 valence electrons. The first-order valence-electron chi connectivity index (χ1n) is 7.28. The average Bonchev–Trinajstić information content (AvgIpc) is 2.45. The van der Waals surface area contributed by atoms with Gasteiger partial charge in [0, 0.05) is 12.8 Å². The van der Waals surface area contributed by atoms with E-state index in [0.717, 1.165) is 19.3 Å². The molecule has 0 amide bonds. The van der Waals surface area contributed by atoms with Crippen molar-refractivity contribution in [3.05, 3.63) is 23.3 Å². The molecule has 0 aliphatic rings. The van der Waals surface area contributed by atoms with Crippen LogP contribution in [0.15, 0.2) is 6.20 Å². The van der Waals surface area contributed by atoms with Crippen LogP contribution in [-0.4, -0.2) is 27.7 Å². The van der Waals surface area contributed by atoms with E-state index in [-0.39, 0.29) is 5.56 Å². The smallest absolute Gasteiger partial charge is 0.339 e. The average molecular weight is 280 g/mol. The molecule has 0 atom stereocenters. The summed E-state index contributed by atoms with van der Waals surface area (Å²) in [5.74, 6) is -0.382. The lowest BCUT2D eigenvalue weighted by atomic mass is 9.95. The molecule has 1 heterocycles. The van der Waals surface area contributed by atoms with Crippen LogP contribution in [0.25, 0.3) is 0 Å². The van der Waals surface area contributed by atoms with E-state index >= 15 is 0 Å². The fourth-order valence-electron chi connectivity index (χ4n) is 2.35. The van der Waals surface area contributed by atoms with E-state index in [9.17, 15) is 9.90 Å². The second-order valence-corrected chi connectivity index (χ2v) is 4.74. The van der Waals surface area contributed by atoms with Gasteiger partial charge in [0.1, 0.15) is 5.60 Å². The van der Waals surface area contributed by atoms with Gasteiger partial charge in [0.05, 0.1) is 11.3 Å². The van der Waals surface area contributed by atoms with Crippen molar-refractivity contribution in [2.75, 3.05) is 6.61 Å². The maximum Gasteiger partial charge on any atom is 0.339 e. The molecule has 0 aliphatic carbocycles. The zero-order valence-electron chi connectivity index (χ0n) is 12.8. The summed E-state index contributed by atoms with van der Waals surface area (Å²) in [5.41, 5.74) is 0.262. The van der Waals surface area contributed by atoms with E-state index < -0.39 is 11.6 Å². The predicted molar refractivity (Wildman–Crippen MR) is 76.9 cm³/mol. The number of nitrogens with zero attached hydrogens (tertiary/aromatic N) is 2. The van der Waals surface area contributed by atoms with Crippen LogP contribution in [0.5, 0.6) is 0 Å². The number of hydrogen-bond donors (Lipinski definition) is 1. The molecule has 0 fully saturated rings. The first-order chi connectivity index (χ1) is 9.54. The van der Waals surface area contributed by atoms with Crippen molar-refractivity contribution in [1.82, 2.24) is 9.97 Å². The molecule has 1 aromatic rings. The monoisotopic (exact) mass is 280 g/mol. The normalized spacial score (nSPS) is 11.6. The Bertz CT molecular complexity index is 456. The molecule has 0 saturated heterocycles. The Kier molecular flexibility index (Phi) is 6.07. The zero-order chi connectivity index (χ0) is 15.2. The van der Waals surface area contributed by atoms with Gasteiger partial charge in [-0.1, -0.05) is 27.2 Å². The Morgan fingerprint density at radius 3 is 2.40 bits per heavy atom. The number of carboxylic acids is 1. The largest absolute Gasteiger partial charge is 0.478 e. The van der Waals surface area contributed by atoms with Crippen molar-refractivity contribution in [2.45, 2.75) is 59.0 Å². The van der Waals surface area contributed by atoms with Crippen LogP contribution in [0.4, 0.5) is 0 Å². The SMILES string of the molecule is CCCc1nc(C(CC)(CC)OCC)ncc1C(=O)O. The van der Waals surface area contributed by atoms with Gasteiger partial charge in [-0.3, -0.25) is 0 Å². The molecule has 0 unspecified atom stereocenters. The first-order valence-corrected chi connectivity index (χ1v) is 7.28. The van der Waals surface area contributed by atoms with Crippen molar-refractivity contribution in [1.29, 1.82) is 0 Å². The number of hydrogen-bond acceptors (Lipinski definition) is 4. The second-order valence-electron chi connectivity index (χ2n) is 4.74. The van der Waals surface area contributed by atoms with Crippen LogP contribution in [-0.2, 0) is 16.8 Å². The molecule has 0 radical (unpaired) electrons. The Morgan fingerprint density at radius 1 is 1.30 bits per heavy atom. The molecule has 0 saturated carbocycles. The molecule has 0 aromatic carbocycles. The van der Waals surface area contributed by atoms with Crippen LogP contribution in [0.2, 0.25) is 0 Å². The van der Waals surface area contributed by atoms with Crippen LogP contribution in [0.1, 0.15) is 68.8 Å². The van der Waals surface area contributed by atoms with Crippen molar-refractivity contribution in [2.24, 2.45) is 0 Å². The summed E-state index contributed by atoms with van der Waals surface area (Å²) in [7, 11) is 0. The summed E-state index contributed by atoms with van der Waals surface area (Å²) in [5, 5.41) is 9.19. The van der Waals surface area contributed by atoms with Gasteiger partial charge in [-0.15, -0.1) is 0 Å². The maximum atomic E-state index is 11.2. The minimum Gasteiger partial charge on any atom is -0.478 e. The standard InChI is InChI=1S/C15H24N2O3/c1-5-9-12-11(13(18)19)10-16-14(17-12)15(6-2,7-3)20-8-4/h10H,5-9H2,1-4H3,(H,18,19). The molecular formula is C15H24N2O3. The molecular weight excluding hydrogens is 256 g/mol. The first kappa shape index (κ1) is 16.6. The van der Waals surface area contributed by atoms with E-state index in [1.165, 1.54) is 6.20 Å². The molecule has 1 rings (SSSR count). The number of aromatic nitrogens is 2. The van der Waals surface area contributed by atoms with Crippen LogP contribution in [0.3, 0.4) is 0 Å². The second kappa shape index (κ2) is 7.33. The Hall–Kier alpha value is -1.49. The van der Waals surface area contributed by atoms with Crippen molar-refractivity contribution in [3.63, 3.8) is 0 Å². The topological polar surface area (TPSA) is 72.3 Å². The highest BCUT2D eigenvalue weighted by molar-refractivity contribution is 5.88. The molecule has 1 N–H and O–H groups in total. The van der Waals surface area contributed by atoms with Gasteiger partial charge in [-0.25, -0.2) is 14.8 Å². The molecule has 20 heavy (non-hydrogen) atoms. The summed E-state index contributed by atoms with van der Waals surface area (Å²) in [6.07, 6.45) is 4.41. The van der Waals surface area contributed by atoms with Gasteiger partial charge in [0.15, 0.2) is 5.82 Å². The number of aromatic carboxylic acids is 1. The summed E-state index contributed by atoms with van der Waals surface area (Å²) >= 11 is 0. The highest BCUT2D eigenvalue weighted by Crippen LogP contribution is 2.31. The lowest BCUT2D eigenvalue weighted by Crippen LogP contribution is -2.31. The third-order valence-electron chi connectivity index (χ3n) is 3.56. The van der Waals surface area contributed by atoms with E-state index in [0.29, 0.717) is 24.5 Å². The van der Waals surface area contributed by atoms with E-state index in [4.69, 9.17) is 4.74 Å². The maximum absolute atomic E-state index is 11.2. The van der Waals surface area contributed by atoms with Gasteiger partial charge < -0.3 is 9.84 Å². The Labute approximate surface area is 120 Å². The number of carboxylic acid groups (broad SMARTS) is 1. The summed E-state index contributed by atoms with van der Waals surface area (Å²) in [4.78, 5) is 20.0. The predicted octanol–water partition coefficient (Wildman–Crippen LogP) is 3.18. The van der Waals surface area contributed by atoms with Crippen molar-refractivity contribution < 1.29 is 14.6 Å². The fraction of sp³-hybridized carbons (Fsp3) is 0.667. The molecule has 0 bridgehead atoms. The Morgan fingerprint density at radius 2 is 1.95 bits per heavy atom. The van der Waals surface area contributed by atoms with Gasteiger partial charge in [0.2, 0.25) is 0 Å². The van der Waals surface area contributed by atoms with Crippen LogP contribution in [0, 0.1) is 0 Å². The van der Waals surface area contributed by atoms with E-state index in [1.54, 1.807) is 0 Å². The lowest BCUT2D eigenvalue weighted by Gasteiger charge is -2.30. The van der Waals surface area contributed by atoms with Gasteiger partial charge in [-0.05, 0) is 26.2 Å². The zero-order valence-corrected chi connectivity index (χ0v) is 12.8. The van der Waals surface area contributed by atoms with Crippen LogP contribution < -0.4 is 0 Å². The molecule has 5 nitrogen and oxygen atoms in total. The summed E-state index contributed by atoms with van der Waals surface area (Å²) < 4.78 is 5.88. The molecule has 0 spiro atoms. The van der Waals surface area contributed by atoms with Crippen LogP contribution >= 0.6 is 0 Å². The van der Waals surface area contributed by atoms with Crippen molar-refractivity contribution in [3.8, 4) is 0 Å². The number of ether oxygens (including phenoxy) is 1. The van der Waals surface area contributed by atoms with E-state index in [2.05, 4.69) is 9.97 Å².